The Labute approximate surface area is 181 Å². The fraction of sp³-hybridized carbons (Fsp3) is 1.00. The monoisotopic (exact) mass is 430 g/mol. The first kappa shape index (κ1) is 31.4. The zero-order valence-corrected chi connectivity index (χ0v) is 17.0. The van der Waals surface area contributed by atoms with Crippen molar-refractivity contribution < 1.29 is 34.3 Å². The molecule has 0 spiro atoms. The van der Waals surface area contributed by atoms with Gasteiger partial charge in [-0.3, -0.25) is 9.11 Å². The molecule has 0 unspecified atom stereocenters. The van der Waals surface area contributed by atoms with E-state index in [4.69, 9.17) is 9.11 Å². The summed E-state index contributed by atoms with van der Waals surface area (Å²) in [6.07, 6.45) is 12.4. The van der Waals surface area contributed by atoms with E-state index in [1.54, 1.807) is 6.92 Å². The van der Waals surface area contributed by atoms with E-state index < -0.39 is 20.8 Å². The van der Waals surface area contributed by atoms with Crippen LogP contribution in [0.4, 0.5) is 0 Å². The summed E-state index contributed by atoms with van der Waals surface area (Å²) in [5.74, 6) is 0. The maximum atomic E-state index is 10.2. The van der Waals surface area contributed by atoms with Gasteiger partial charge in [-0.15, -0.1) is 0 Å². The van der Waals surface area contributed by atoms with Gasteiger partial charge < -0.3 is 0 Å². The first-order chi connectivity index (χ1) is 11.6. The summed E-state index contributed by atoms with van der Waals surface area (Å²) >= 11 is 0. The van der Waals surface area contributed by atoms with Crippen molar-refractivity contribution in [3.05, 3.63) is 0 Å². The summed E-state index contributed by atoms with van der Waals surface area (Å²) in [5.41, 5.74) is 0. The number of hydrogen-bond donors (Lipinski definition) is 2. The maximum absolute atomic E-state index is 10.2. The van der Waals surface area contributed by atoms with Crippen molar-refractivity contribution in [3.8, 4) is 0 Å². The minimum absolute atomic E-state index is 0. The fourth-order valence-corrected chi connectivity index (χ4v) is 2.65. The molecule has 0 atom stereocenters. The van der Waals surface area contributed by atoms with Gasteiger partial charge in [0, 0.05) is 0 Å². The molecule has 0 rings (SSSR count). The number of unbranched alkanes of at least 4 members (excludes halogenated alkanes) is 9. The molecule has 0 bridgehead atoms. The zero-order valence-electron chi connectivity index (χ0n) is 15.4. The van der Waals surface area contributed by atoms with Crippen LogP contribution < -0.4 is 0 Å². The van der Waals surface area contributed by atoms with E-state index in [0.29, 0.717) is 12.8 Å². The van der Waals surface area contributed by atoms with E-state index in [9.17, 15) is 16.8 Å². The molecular formula is C15H35NaO8S2. The molecule has 11 heteroatoms. The second kappa shape index (κ2) is 20.5. The third kappa shape index (κ3) is 35.8. The van der Waals surface area contributed by atoms with Crippen LogP contribution in [0.3, 0.4) is 0 Å². The predicted molar refractivity (Wildman–Crippen MR) is 104 cm³/mol. The Kier molecular flexibility index (Phi) is 24.8. The zero-order chi connectivity index (χ0) is 19.6. The van der Waals surface area contributed by atoms with Crippen LogP contribution in [0, 0.1) is 0 Å². The van der Waals surface area contributed by atoms with E-state index >= 15 is 0 Å². The van der Waals surface area contributed by atoms with Gasteiger partial charge >= 0.3 is 50.4 Å². The molecule has 0 saturated carbocycles. The summed E-state index contributed by atoms with van der Waals surface area (Å²) in [6.45, 7) is 4.09. The standard InChI is InChI=1S/C12H26O4S.C3H8O4S.Na.H/c1-2-3-4-5-6-7-8-9-10-11-12-16-17(13,14)15;1-2-3-7-8(4,5)6;;/h2-12H2,1H3,(H,13,14,15);2-3H2,1H3,(H,4,5,6);;. The summed E-state index contributed by atoms with van der Waals surface area (Å²) < 4.78 is 64.2. The molecule has 0 aliphatic rings. The van der Waals surface area contributed by atoms with Gasteiger partial charge in [0.2, 0.25) is 0 Å². The Morgan fingerprint density at radius 1 is 0.577 bits per heavy atom. The average molecular weight is 431 g/mol. The van der Waals surface area contributed by atoms with Gasteiger partial charge in [-0.2, -0.15) is 16.8 Å². The van der Waals surface area contributed by atoms with Crippen LogP contribution in [0.15, 0.2) is 0 Å². The van der Waals surface area contributed by atoms with Crippen LogP contribution >= 0.6 is 0 Å². The summed E-state index contributed by atoms with van der Waals surface area (Å²) in [7, 11) is -8.42. The molecule has 0 saturated heterocycles. The van der Waals surface area contributed by atoms with E-state index in [1.807, 2.05) is 0 Å². The molecule has 0 aromatic heterocycles. The molecule has 0 radical (unpaired) electrons. The Hall–Kier alpha value is 0.740. The van der Waals surface area contributed by atoms with E-state index in [-0.39, 0.29) is 42.8 Å². The Morgan fingerprint density at radius 3 is 1.23 bits per heavy atom. The Morgan fingerprint density at radius 2 is 0.923 bits per heavy atom. The van der Waals surface area contributed by atoms with Crippen molar-refractivity contribution in [2.75, 3.05) is 13.2 Å². The molecule has 0 amide bonds. The van der Waals surface area contributed by atoms with Crippen molar-refractivity contribution in [1.82, 2.24) is 0 Å². The molecule has 156 valence electrons. The molecule has 26 heavy (non-hydrogen) atoms. The van der Waals surface area contributed by atoms with Gasteiger partial charge in [0.15, 0.2) is 0 Å². The van der Waals surface area contributed by atoms with Crippen LogP contribution in [0.2, 0.25) is 0 Å². The normalized spacial score (nSPS) is 11.4. The van der Waals surface area contributed by atoms with Crippen molar-refractivity contribution >= 4 is 50.4 Å². The third-order valence-corrected chi connectivity index (χ3v) is 4.10. The van der Waals surface area contributed by atoms with Crippen molar-refractivity contribution in [2.24, 2.45) is 0 Å². The molecule has 0 heterocycles. The van der Waals surface area contributed by atoms with Crippen LogP contribution in [-0.2, 0) is 29.2 Å². The first-order valence-electron chi connectivity index (χ1n) is 8.86. The average Bonchev–Trinajstić information content (AvgIpc) is 2.49. The number of rotatable bonds is 15. The van der Waals surface area contributed by atoms with Crippen molar-refractivity contribution in [2.45, 2.75) is 84.5 Å². The molecule has 0 aromatic rings. The Balaban J connectivity index is -0.000000498. The number of hydrogen-bond acceptors (Lipinski definition) is 6. The van der Waals surface area contributed by atoms with Crippen LogP contribution in [0.25, 0.3) is 0 Å². The fourth-order valence-electron chi connectivity index (χ4n) is 1.94. The van der Waals surface area contributed by atoms with Crippen LogP contribution in [-0.4, -0.2) is 68.7 Å². The van der Waals surface area contributed by atoms with Gasteiger partial charge in [0.25, 0.3) is 0 Å². The van der Waals surface area contributed by atoms with Gasteiger partial charge in [-0.1, -0.05) is 71.6 Å². The summed E-state index contributed by atoms with van der Waals surface area (Å²) in [5, 5.41) is 0. The van der Waals surface area contributed by atoms with Crippen LogP contribution in [0.1, 0.15) is 84.5 Å². The van der Waals surface area contributed by atoms with Crippen LogP contribution in [0.5, 0.6) is 0 Å². The molecule has 8 nitrogen and oxygen atoms in total. The molecule has 0 aromatic carbocycles. The Bertz CT molecular complexity index is 480. The van der Waals surface area contributed by atoms with Gasteiger partial charge in [0.1, 0.15) is 0 Å². The van der Waals surface area contributed by atoms with E-state index in [1.165, 1.54) is 44.9 Å². The van der Waals surface area contributed by atoms with E-state index in [2.05, 4.69) is 15.3 Å². The van der Waals surface area contributed by atoms with Gasteiger partial charge in [0.05, 0.1) is 13.2 Å². The SMILES string of the molecule is CCCCCCCCCCCCOS(=O)(=O)O.CCCOS(=O)(=O)O.[NaH]. The molecule has 0 fully saturated rings. The molecular weight excluding hydrogens is 395 g/mol. The van der Waals surface area contributed by atoms with Gasteiger partial charge in [-0.05, 0) is 12.8 Å². The summed E-state index contributed by atoms with van der Waals surface area (Å²) in [6, 6.07) is 0. The van der Waals surface area contributed by atoms with Crippen molar-refractivity contribution in [1.29, 1.82) is 0 Å². The predicted octanol–water partition coefficient (Wildman–Crippen LogP) is 3.29. The second-order valence-electron chi connectivity index (χ2n) is 5.68. The minimum atomic E-state index is -4.23. The topological polar surface area (TPSA) is 127 Å². The first-order valence-corrected chi connectivity index (χ1v) is 11.6. The molecule has 0 aliphatic carbocycles. The van der Waals surface area contributed by atoms with E-state index in [0.717, 1.165) is 12.8 Å². The van der Waals surface area contributed by atoms with Gasteiger partial charge in [-0.25, -0.2) is 8.37 Å². The molecule has 0 aliphatic heterocycles. The van der Waals surface area contributed by atoms with Crippen molar-refractivity contribution in [3.63, 3.8) is 0 Å². The second-order valence-corrected chi connectivity index (χ2v) is 7.86. The quantitative estimate of drug-likeness (QED) is 0.230. The summed E-state index contributed by atoms with van der Waals surface area (Å²) in [4.78, 5) is 0. The third-order valence-electron chi connectivity index (χ3n) is 3.17. The molecule has 2 N–H and O–H groups in total.